The molecule has 8 aromatic carbocycles. The smallest absolute Gasteiger partial charge is 0.136 e. The quantitative estimate of drug-likeness (QED) is 0.118. The van der Waals surface area contributed by atoms with Gasteiger partial charge in [-0.2, -0.15) is 0 Å². The Labute approximate surface area is 422 Å². The van der Waals surface area contributed by atoms with Crippen LogP contribution in [0, 0.1) is 19.0 Å². The van der Waals surface area contributed by atoms with Crippen molar-refractivity contribution in [2.24, 2.45) is 0 Å². The van der Waals surface area contributed by atoms with Crippen LogP contribution in [0.3, 0.4) is 0 Å². The molecule has 0 aliphatic carbocycles. The number of nitrogens with zero attached hydrogens (tertiary/aromatic N) is 3. The van der Waals surface area contributed by atoms with E-state index in [1.807, 2.05) is 36.5 Å². The van der Waals surface area contributed by atoms with Crippen molar-refractivity contribution >= 4 is 78.9 Å². The van der Waals surface area contributed by atoms with Crippen molar-refractivity contribution in [3.05, 3.63) is 193 Å². The van der Waals surface area contributed by atoms with Gasteiger partial charge in [0.05, 0.1) is 30.5 Å². The van der Waals surface area contributed by atoms with E-state index in [0.29, 0.717) is 5.56 Å². The summed E-state index contributed by atoms with van der Waals surface area (Å²) in [4.78, 5) is 9.92. The summed E-state index contributed by atoms with van der Waals surface area (Å²) in [5.74, 6) is 1.31. The van der Waals surface area contributed by atoms with E-state index in [2.05, 4.69) is 178 Å². The van der Waals surface area contributed by atoms with Crippen LogP contribution in [0.2, 0.25) is 19.6 Å². The number of furan rings is 2. The number of aromatic nitrogens is 3. The summed E-state index contributed by atoms with van der Waals surface area (Å²) in [6.45, 7) is 13.9. The molecule has 0 aliphatic heterocycles. The molecule has 0 amide bonds. The van der Waals surface area contributed by atoms with Gasteiger partial charge in [0.15, 0.2) is 0 Å². The molecular formula is C62H53IrN3O2Si-2. The Balaban J connectivity index is 0.000000240. The number of fused-ring (bicyclic) bond motifs is 9. The first-order chi connectivity index (χ1) is 34.1. The van der Waals surface area contributed by atoms with E-state index in [0.717, 1.165) is 82.9 Å². The molecule has 5 nitrogen and oxygen atoms in total. The van der Waals surface area contributed by atoms with Crippen molar-refractivity contribution in [2.75, 3.05) is 0 Å². The van der Waals surface area contributed by atoms with Gasteiger partial charge >= 0.3 is 0 Å². The van der Waals surface area contributed by atoms with Gasteiger partial charge < -0.3 is 18.4 Å². The second-order valence-electron chi connectivity index (χ2n) is 19.4. The molecule has 0 unspecified atom stereocenters. The SMILES string of the molecule is CC(C)c1cc(-c2ccccc2)cc(C(C)C)c1-n1c(-c2[c-]ccc3c2oc2cc4c(cc23)oc2ccccc24)nc2ccc3ccccc3c21.[2H]C([2H])([2H])c1c[c-]c(-c2ccc([Si](C)(C)C)cn2)cc1.[Ir]. The first kappa shape index (κ1) is 42.2. The standard InChI is InChI=1S/C47H35N2O2.C15H18NSi.Ir/c1-27(2)36-23-31(29-13-6-5-7-14-29)24-37(28(3)4)44(36)49-45-32-16-9-8-15-30(32)21-22-40(45)48-47(49)35-19-12-18-34-39-26-42-38(25-43(39)51-46(34)35)33-17-10-11-20-41(33)50-42;1-12-5-7-13(8-6-12)15-10-9-14(11-16-15)17(2,3)4;/h5-18,20-28H,1-4H3;5-7,9-11H,1-4H3;/q2*-1;/i;1D3;. The number of aryl methyl sites for hydroxylation is 1. The summed E-state index contributed by atoms with van der Waals surface area (Å²) in [7, 11) is -1.34. The number of imidazole rings is 1. The summed E-state index contributed by atoms with van der Waals surface area (Å²) in [6, 6.07) is 60.5. The molecule has 4 heterocycles. The minimum Gasteiger partial charge on any atom is -0.501 e. The normalized spacial score (nSPS) is 12.7. The van der Waals surface area contributed by atoms with Crippen LogP contribution in [0.25, 0.3) is 105 Å². The van der Waals surface area contributed by atoms with Crippen molar-refractivity contribution in [1.82, 2.24) is 14.5 Å². The Hall–Kier alpha value is -6.89. The van der Waals surface area contributed by atoms with Crippen molar-refractivity contribution in [2.45, 2.75) is 66.0 Å². The Morgan fingerprint density at radius 1 is 0.623 bits per heavy atom. The second kappa shape index (κ2) is 18.2. The van der Waals surface area contributed by atoms with E-state index >= 15 is 0 Å². The summed E-state index contributed by atoms with van der Waals surface area (Å²) < 4.78 is 37.6. The molecular weight excluding hydrogens is 1040 g/mol. The van der Waals surface area contributed by atoms with E-state index in [9.17, 15) is 0 Å². The fraction of sp³-hybridized carbons (Fsp3) is 0.161. The van der Waals surface area contributed by atoms with E-state index in [1.54, 1.807) is 12.1 Å². The summed E-state index contributed by atoms with van der Waals surface area (Å²) in [5.41, 5.74) is 14.3. The zero-order valence-corrected chi connectivity index (χ0v) is 43.1. The predicted octanol–water partition coefficient (Wildman–Crippen LogP) is 16.8. The third kappa shape index (κ3) is 8.33. The molecule has 0 atom stereocenters. The number of para-hydroxylation sites is 1. The molecule has 12 aromatic rings. The molecule has 0 saturated heterocycles. The van der Waals surface area contributed by atoms with E-state index in [1.165, 1.54) is 44.6 Å². The molecule has 343 valence electrons. The minimum atomic E-state index is -2.08. The molecule has 0 fully saturated rings. The van der Waals surface area contributed by atoms with Crippen molar-refractivity contribution in [3.8, 4) is 39.5 Å². The van der Waals surface area contributed by atoms with E-state index < -0.39 is 14.9 Å². The number of hydrogen-bond donors (Lipinski definition) is 0. The Morgan fingerprint density at radius 2 is 1.32 bits per heavy atom. The minimum absolute atomic E-state index is 0. The average Bonchev–Trinajstić information content (AvgIpc) is 4.06. The Kier molecular flexibility index (Phi) is 11.1. The molecule has 0 aliphatic rings. The van der Waals surface area contributed by atoms with Crippen LogP contribution in [-0.4, -0.2) is 22.6 Å². The zero-order chi connectivity index (χ0) is 49.3. The molecule has 0 saturated carbocycles. The van der Waals surface area contributed by atoms with Gasteiger partial charge in [-0.3, -0.25) is 4.98 Å². The first-order valence-electron chi connectivity index (χ1n) is 24.9. The number of pyridine rings is 1. The fourth-order valence-corrected chi connectivity index (χ4v) is 10.6. The molecule has 4 aromatic heterocycles. The maximum atomic E-state index is 7.35. The average molecular weight is 1100 g/mol. The third-order valence-electron chi connectivity index (χ3n) is 13.2. The topological polar surface area (TPSA) is 57.0 Å². The number of benzene rings is 8. The van der Waals surface area contributed by atoms with Crippen LogP contribution in [0.4, 0.5) is 0 Å². The largest absolute Gasteiger partial charge is 0.501 e. The number of rotatable bonds is 7. The van der Waals surface area contributed by atoms with Crippen LogP contribution < -0.4 is 5.19 Å². The summed E-state index contributed by atoms with van der Waals surface area (Å²) in [6.07, 6.45) is 1.92. The number of hydrogen-bond acceptors (Lipinski definition) is 4. The molecule has 1 radical (unpaired) electrons. The van der Waals surface area contributed by atoms with Crippen molar-refractivity contribution in [1.29, 1.82) is 0 Å². The van der Waals surface area contributed by atoms with Crippen LogP contribution in [0.1, 0.15) is 60.3 Å². The van der Waals surface area contributed by atoms with Crippen LogP contribution in [0.5, 0.6) is 0 Å². The van der Waals surface area contributed by atoms with Gasteiger partial charge in [0.25, 0.3) is 0 Å². The molecule has 0 bridgehead atoms. The van der Waals surface area contributed by atoms with Gasteiger partial charge in [-0.15, -0.1) is 53.6 Å². The maximum Gasteiger partial charge on any atom is 0.136 e. The molecule has 7 heteroatoms. The first-order valence-corrected chi connectivity index (χ1v) is 26.9. The van der Waals surface area contributed by atoms with Crippen molar-refractivity contribution < 1.29 is 33.1 Å². The van der Waals surface area contributed by atoms with Crippen molar-refractivity contribution in [3.63, 3.8) is 0 Å². The summed E-state index contributed by atoms with van der Waals surface area (Å²) >= 11 is 0. The second-order valence-corrected chi connectivity index (χ2v) is 24.5. The molecule has 12 rings (SSSR count). The summed E-state index contributed by atoms with van der Waals surface area (Å²) in [5, 5.41) is 7.79. The van der Waals surface area contributed by atoms with E-state index in [4.69, 9.17) is 17.9 Å². The van der Waals surface area contributed by atoms with Gasteiger partial charge in [0.2, 0.25) is 0 Å². The maximum absolute atomic E-state index is 7.35. The zero-order valence-electron chi connectivity index (χ0n) is 42.7. The molecule has 69 heavy (non-hydrogen) atoms. The van der Waals surface area contributed by atoms with Gasteiger partial charge in [0.1, 0.15) is 16.7 Å². The Morgan fingerprint density at radius 3 is 2.00 bits per heavy atom. The van der Waals surface area contributed by atoms with Gasteiger partial charge in [0, 0.05) is 57.6 Å². The van der Waals surface area contributed by atoms with Gasteiger partial charge in [-0.25, -0.2) is 0 Å². The predicted molar refractivity (Wildman–Crippen MR) is 287 cm³/mol. The van der Waals surface area contributed by atoms with Gasteiger partial charge in [-0.1, -0.05) is 156 Å². The third-order valence-corrected chi connectivity index (χ3v) is 15.2. The monoisotopic (exact) mass is 1100 g/mol. The fourth-order valence-electron chi connectivity index (χ4n) is 9.55. The van der Waals surface area contributed by atoms with Crippen LogP contribution in [0.15, 0.2) is 173 Å². The van der Waals surface area contributed by atoms with E-state index in [-0.39, 0.29) is 31.9 Å². The van der Waals surface area contributed by atoms with Crippen LogP contribution in [-0.2, 0) is 20.1 Å². The van der Waals surface area contributed by atoms with Gasteiger partial charge in [-0.05, 0) is 86.8 Å². The Bertz CT molecular complexity index is 3880. The molecule has 0 N–H and O–H groups in total. The van der Waals surface area contributed by atoms with Crippen LogP contribution >= 0.6 is 0 Å². The molecule has 0 spiro atoms.